The molecule has 0 heterocycles. The highest BCUT2D eigenvalue weighted by molar-refractivity contribution is 5.61. The summed E-state index contributed by atoms with van der Waals surface area (Å²) >= 11 is 0. The summed E-state index contributed by atoms with van der Waals surface area (Å²) in [5, 5.41) is 19.5. The summed E-state index contributed by atoms with van der Waals surface area (Å²) in [6.07, 6.45) is -0.870. The van der Waals surface area contributed by atoms with Crippen LogP contribution in [0.1, 0.15) is 16.7 Å². The first-order chi connectivity index (χ1) is 8.40. The van der Waals surface area contributed by atoms with Gasteiger partial charge >= 0.3 is 6.16 Å². The van der Waals surface area contributed by atoms with Gasteiger partial charge < -0.3 is 24.4 Å². The van der Waals surface area contributed by atoms with E-state index in [1.807, 2.05) is 0 Å². The Hall–Kier alpha value is -2.11. The highest BCUT2D eigenvalue weighted by atomic mass is 16.8. The van der Waals surface area contributed by atoms with Gasteiger partial charge in [-0.25, -0.2) is 4.79 Å². The van der Waals surface area contributed by atoms with Gasteiger partial charge in [0.1, 0.15) is 17.2 Å². The summed E-state index contributed by atoms with van der Waals surface area (Å²) < 4.78 is 14.1. The lowest BCUT2D eigenvalue weighted by Crippen LogP contribution is -2.11. The van der Waals surface area contributed by atoms with E-state index in [1.165, 1.54) is 7.11 Å². The zero-order valence-corrected chi connectivity index (χ0v) is 10.7. The maximum absolute atomic E-state index is 10.7. The van der Waals surface area contributed by atoms with Crippen molar-refractivity contribution in [2.45, 2.75) is 20.8 Å². The maximum atomic E-state index is 10.7. The van der Waals surface area contributed by atoms with Crippen molar-refractivity contribution in [3.63, 3.8) is 0 Å². The number of carbonyl (C=O) groups excluding carboxylic acids is 1. The number of phenolic OH excluding ortho intramolecular Hbond substituents is 2. The Morgan fingerprint density at radius 1 is 1.06 bits per heavy atom. The fourth-order valence-electron chi connectivity index (χ4n) is 1.58. The van der Waals surface area contributed by atoms with Crippen molar-refractivity contribution in [3.8, 4) is 17.2 Å². The molecule has 0 atom stereocenters. The molecule has 0 aliphatic rings. The topological polar surface area (TPSA) is 85.2 Å². The zero-order valence-electron chi connectivity index (χ0n) is 10.7. The number of hydrogen-bond donors (Lipinski definition) is 2. The minimum absolute atomic E-state index is 0.0498. The second-order valence-electron chi connectivity index (χ2n) is 3.76. The third-order valence-corrected chi connectivity index (χ3v) is 2.65. The van der Waals surface area contributed by atoms with E-state index < -0.39 is 6.16 Å². The van der Waals surface area contributed by atoms with Crippen LogP contribution in [0, 0.1) is 20.8 Å². The molecule has 2 N–H and O–H groups in total. The van der Waals surface area contributed by atoms with Crippen LogP contribution < -0.4 is 4.74 Å². The lowest BCUT2D eigenvalue weighted by Gasteiger charge is -2.16. The highest BCUT2D eigenvalue weighted by Crippen LogP contribution is 2.40. The van der Waals surface area contributed by atoms with E-state index in [1.54, 1.807) is 20.8 Å². The van der Waals surface area contributed by atoms with Gasteiger partial charge in [-0.1, -0.05) is 0 Å². The number of carbonyl (C=O) groups is 1. The van der Waals surface area contributed by atoms with Crippen molar-refractivity contribution in [2.24, 2.45) is 0 Å². The third kappa shape index (κ3) is 2.58. The molecule has 0 saturated heterocycles. The maximum Gasteiger partial charge on any atom is 0.510 e. The Kier molecular flexibility index (Phi) is 4.25. The van der Waals surface area contributed by atoms with Gasteiger partial charge in [0.25, 0.3) is 0 Å². The van der Waals surface area contributed by atoms with Crippen LogP contribution in [0.5, 0.6) is 17.2 Å². The van der Waals surface area contributed by atoms with Crippen LogP contribution in [0.3, 0.4) is 0 Å². The number of benzene rings is 1. The molecule has 1 aromatic carbocycles. The lowest BCUT2D eigenvalue weighted by molar-refractivity contribution is 0.0143. The van der Waals surface area contributed by atoms with Crippen LogP contribution in [-0.4, -0.2) is 30.3 Å². The molecule has 0 aliphatic heterocycles. The molecule has 0 unspecified atom stereocenters. The molecule has 6 heteroatoms. The Morgan fingerprint density at radius 2 is 1.56 bits per heavy atom. The van der Waals surface area contributed by atoms with E-state index >= 15 is 0 Å². The van der Waals surface area contributed by atoms with Crippen LogP contribution in [0.25, 0.3) is 0 Å². The number of ether oxygens (including phenoxy) is 3. The Labute approximate surface area is 105 Å². The first-order valence-corrected chi connectivity index (χ1v) is 5.25. The average molecular weight is 256 g/mol. The first kappa shape index (κ1) is 14.0. The first-order valence-electron chi connectivity index (χ1n) is 5.25. The molecule has 0 radical (unpaired) electrons. The molecule has 0 aliphatic carbocycles. The molecule has 6 nitrogen and oxygen atoms in total. The van der Waals surface area contributed by atoms with Crippen molar-refractivity contribution < 1.29 is 29.2 Å². The molecule has 0 saturated carbocycles. The Bertz CT molecular complexity index is 437. The molecular formula is C12H16O6. The fourth-order valence-corrected chi connectivity index (χ4v) is 1.58. The van der Waals surface area contributed by atoms with E-state index in [4.69, 9.17) is 4.74 Å². The van der Waals surface area contributed by atoms with E-state index in [9.17, 15) is 15.0 Å². The van der Waals surface area contributed by atoms with Gasteiger partial charge in [-0.15, -0.1) is 0 Å². The summed E-state index contributed by atoms with van der Waals surface area (Å²) in [6, 6.07) is 0. The standard InChI is InChI=1S/C12H16O6/c1-6-9(13)7(2)11(8(3)10(6)14)17-5-18-12(15)16-4/h13-14H,5H2,1-4H3. The van der Waals surface area contributed by atoms with Crippen molar-refractivity contribution in [2.75, 3.05) is 13.9 Å². The molecule has 1 aromatic rings. The van der Waals surface area contributed by atoms with E-state index in [2.05, 4.69) is 9.47 Å². The molecule has 0 amide bonds. The third-order valence-electron chi connectivity index (χ3n) is 2.65. The number of methoxy groups -OCH3 is 1. The Morgan fingerprint density at radius 3 is 2.00 bits per heavy atom. The van der Waals surface area contributed by atoms with Gasteiger partial charge in [0.15, 0.2) is 0 Å². The van der Waals surface area contributed by atoms with Crippen LogP contribution >= 0.6 is 0 Å². The molecule has 0 fully saturated rings. The number of rotatable bonds is 3. The number of aromatic hydroxyl groups is 2. The van der Waals surface area contributed by atoms with Gasteiger partial charge in [-0.05, 0) is 20.8 Å². The predicted molar refractivity (Wildman–Crippen MR) is 63.0 cm³/mol. The van der Waals surface area contributed by atoms with Crippen LogP contribution in [0.15, 0.2) is 0 Å². The molecule has 0 aromatic heterocycles. The van der Waals surface area contributed by atoms with Gasteiger partial charge in [-0.2, -0.15) is 0 Å². The van der Waals surface area contributed by atoms with E-state index in [0.29, 0.717) is 16.7 Å². The largest absolute Gasteiger partial charge is 0.510 e. The molecule has 1 rings (SSSR count). The lowest BCUT2D eigenvalue weighted by atomic mass is 10.0. The monoisotopic (exact) mass is 256 g/mol. The zero-order chi connectivity index (χ0) is 13.9. The molecule has 18 heavy (non-hydrogen) atoms. The molecular weight excluding hydrogens is 240 g/mol. The predicted octanol–water partition coefficient (Wildman–Crippen LogP) is 2.14. The molecule has 0 bridgehead atoms. The highest BCUT2D eigenvalue weighted by Gasteiger charge is 2.17. The number of phenols is 2. The van der Waals surface area contributed by atoms with Gasteiger partial charge in [0, 0.05) is 16.7 Å². The summed E-state index contributed by atoms with van der Waals surface area (Å²) in [7, 11) is 1.18. The SMILES string of the molecule is COC(=O)OCOc1c(C)c(O)c(C)c(O)c1C. The van der Waals surface area contributed by atoms with E-state index in [0.717, 1.165) is 0 Å². The number of hydrogen-bond acceptors (Lipinski definition) is 6. The summed E-state index contributed by atoms with van der Waals surface area (Å²) in [5.74, 6) is 0.178. The van der Waals surface area contributed by atoms with Crippen LogP contribution in [-0.2, 0) is 9.47 Å². The fraction of sp³-hybridized carbons (Fsp3) is 0.417. The minimum atomic E-state index is -0.870. The van der Waals surface area contributed by atoms with Crippen molar-refractivity contribution in [1.29, 1.82) is 0 Å². The van der Waals surface area contributed by atoms with Gasteiger partial charge in [0.05, 0.1) is 7.11 Å². The van der Waals surface area contributed by atoms with Crippen molar-refractivity contribution in [1.82, 2.24) is 0 Å². The van der Waals surface area contributed by atoms with Crippen LogP contribution in [0.2, 0.25) is 0 Å². The van der Waals surface area contributed by atoms with Gasteiger partial charge in [-0.3, -0.25) is 0 Å². The quantitative estimate of drug-likeness (QED) is 0.636. The van der Waals surface area contributed by atoms with Crippen molar-refractivity contribution in [3.05, 3.63) is 16.7 Å². The van der Waals surface area contributed by atoms with Crippen molar-refractivity contribution >= 4 is 6.16 Å². The normalized spacial score (nSPS) is 10.0. The molecule has 100 valence electrons. The van der Waals surface area contributed by atoms with E-state index in [-0.39, 0.29) is 24.0 Å². The second-order valence-corrected chi connectivity index (χ2v) is 3.76. The smallest absolute Gasteiger partial charge is 0.507 e. The summed E-state index contributed by atoms with van der Waals surface area (Å²) in [6.45, 7) is 4.51. The second kappa shape index (κ2) is 5.48. The minimum Gasteiger partial charge on any atom is -0.507 e. The van der Waals surface area contributed by atoms with Crippen LogP contribution in [0.4, 0.5) is 4.79 Å². The Balaban J connectivity index is 2.93. The summed E-state index contributed by atoms with van der Waals surface area (Å²) in [4.78, 5) is 10.7. The average Bonchev–Trinajstić information content (AvgIpc) is 2.37. The van der Waals surface area contributed by atoms with Gasteiger partial charge in [0.2, 0.25) is 6.79 Å². The summed E-state index contributed by atoms with van der Waals surface area (Å²) in [5.41, 5.74) is 1.32. The molecule has 0 spiro atoms.